The van der Waals surface area contributed by atoms with Gasteiger partial charge in [0, 0.05) is 43.6 Å². The molecule has 2 aromatic carbocycles. The number of carbonyl (C=O) groups is 1. The molecule has 0 spiro atoms. The minimum Gasteiger partial charge on any atom is -0.374 e. The topological polar surface area (TPSA) is 66.4 Å². The minimum atomic E-state index is -0.272. The van der Waals surface area contributed by atoms with Gasteiger partial charge in [0.2, 0.25) is 0 Å². The SMILES string of the molecule is CN1CCC(NC(=O)Nc2ccc3ccn(C)c(=O)c3c2)c2ccccc21. The quantitative estimate of drug-likeness (QED) is 0.735. The number of hydrogen-bond donors (Lipinski definition) is 2. The molecule has 0 saturated heterocycles. The van der Waals surface area contributed by atoms with Crippen molar-refractivity contribution in [2.45, 2.75) is 12.5 Å². The standard InChI is InChI=1S/C21H22N4O2/c1-24-12-10-18(16-5-3-4-6-19(16)24)23-21(27)22-15-8-7-14-9-11-25(2)20(26)17(14)13-15/h3-9,11,13,18H,10,12H2,1-2H3,(H2,22,23,27). The van der Waals surface area contributed by atoms with Crippen molar-refractivity contribution in [3.8, 4) is 0 Å². The van der Waals surface area contributed by atoms with Gasteiger partial charge in [-0.05, 0) is 41.6 Å². The first-order valence-corrected chi connectivity index (χ1v) is 9.00. The van der Waals surface area contributed by atoms with Gasteiger partial charge in [-0.3, -0.25) is 4.79 Å². The van der Waals surface area contributed by atoms with Crippen molar-refractivity contribution in [1.29, 1.82) is 0 Å². The molecule has 1 atom stereocenters. The van der Waals surface area contributed by atoms with E-state index in [9.17, 15) is 9.59 Å². The van der Waals surface area contributed by atoms with Gasteiger partial charge in [0.25, 0.3) is 5.56 Å². The number of nitrogens with zero attached hydrogens (tertiary/aromatic N) is 2. The highest BCUT2D eigenvalue weighted by Gasteiger charge is 2.24. The molecule has 3 aromatic rings. The molecule has 0 fully saturated rings. The van der Waals surface area contributed by atoms with E-state index in [4.69, 9.17) is 0 Å². The predicted molar refractivity (Wildman–Crippen MR) is 108 cm³/mol. The first kappa shape index (κ1) is 17.1. The number of aryl methyl sites for hydroxylation is 1. The van der Waals surface area contributed by atoms with Gasteiger partial charge < -0.3 is 20.1 Å². The van der Waals surface area contributed by atoms with Crippen LogP contribution < -0.4 is 21.1 Å². The van der Waals surface area contributed by atoms with Gasteiger partial charge in [0.1, 0.15) is 0 Å². The Morgan fingerprint density at radius 1 is 1.11 bits per heavy atom. The molecule has 27 heavy (non-hydrogen) atoms. The molecule has 0 saturated carbocycles. The summed E-state index contributed by atoms with van der Waals surface area (Å²) >= 11 is 0. The molecule has 1 aliphatic rings. The number of hydrogen-bond acceptors (Lipinski definition) is 3. The van der Waals surface area contributed by atoms with Crippen LogP contribution in [-0.4, -0.2) is 24.2 Å². The molecular formula is C21H22N4O2. The molecule has 0 aliphatic carbocycles. The second-order valence-corrected chi connectivity index (χ2v) is 6.95. The highest BCUT2D eigenvalue weighted by Crippen LogP contribution is 2.32. The van der Waals surface area contributed by atoms with E-state index in [0.29, 0.717) is 11.1 Å². The van der Waals surface area contributed by atoms with Crippen LogP contribution in [0.2, 0.25) is 0 Å². The average Bonchev–Trinajstić information content (AvgIpc) is 2.67. The predicted octanol–water partition coefficient (Wildman–Crippen LogP) is 3.24. The second kappa shape index (κ2) is 6.79. The number of carbonyl (C=O) groups excluding carboxylic acids is 1. The number of pyridine rings is 1. The van der Waals surface area contributed by atoms with Crippen LogP contribution in [0.3, 0.4) is 0 Å². The fourth-order valence-electron chi connectivity index (χ4n) is 3.62. The molecule has 0 radical (unpaired) electrons. The normalized spacial score (nSPS) is 16.1. The summed E-state index contributed by atoms with van der Waals surface area (Å²) in [6.07, 6.45) is 2.58. The molecule has 2 heterocycles. The highest BCUT2D eigenvalue weighted by atomic mass is 16.2. The van der Waals surface area contributed by atoms with Crippen LogP contribution in [-0.2, 0) is 7.05 Å². The van der Waals surface area contributed by atoms with Gasteiger partial charge in [0.05, 0.1) is 6.04 Å². The van der Waals surface area contributed by atoms with Crippen LogP contribution in [0, 0.1) is 0 Å². The summed E-state index contributed by atoms with van der Waals surface area (Å²) < 4.78 is 1.53. The molecule has 6 heteroatoms. The van der Waals surface area contributed by atoms with Crippen molar-refractivity contribution in [1.82, 2.24) is 9.88 Å². The van der Waals surface area contributed by atoms with E-state index >= 15 is 0 Å². The number of aromatic nitrogens is 1. The van der Waals surface area contributed by atoms with Crippen molar-refractivity contribution in [3.63, 3.8) is 0 Å². The Kier molecular flexibility index (Phi) is 4.32. The Morgan fingerprint density at radius 2 is 1.93 bits per heavy atom. The van der Waals surface area contributed by atoms with Crippen LogP contribution in [0.25, 0.3) is 10.8 Å². The van der Waals surface area contributed by atoms with Gasteiger partial charge in [-0.15, -0.1) is 0 Å². The largest absolute Gasteiger partial charge is 0.374 e. The van der Waals surface area contributed by atoms with E-state index in [1.54, 1.807) is 19.3 Å². The summed E-state index contributed by atoms with van der Waals surface area (Å²) in [5.74, 6) is 0. The van der Waals surface area contributed by atoms with E-state index in [2.05, 4.69) is 34.7 Å². The Labute approximate surface area is 157 Å². The third-order valence-electron chi connectivity index (χ3n) is 5.12. The zero-order valence-electron chi connectivity index (χ0n) is 15.4. The Hall–Kier alpha value is -3.28. The third-order valence-corrected chi connectivity index (χ3v) is 5.12. The zero-order valence-corrected chi connectivity index (χ0v) is 15.4. The van der Waals surface area contributed by atoms with Crippen LogP contribution in [0.5, 0.6) is 0 Å². The first-order valence-electron chi connectivity index (χ1n) is 9.00. The number of urea groups is 1. The second-order valence-electron chi connectivity index (χ2n) is 6.95. The number of rotatable bonds is 2. The number of nitrogens with one attached hydrogen (secondary N) is 2. The summed E-state index contributed by atoms with van der Waals surface area (Å²) in [7, 11) is 3.77. The van der Waals surface area contributed by atoms with E-state index in [1.807, 2.05) is 30.3 Å². The summed E-state index contributed by atoms with van der Waals surface area (Å²) in [5.41, 5.74) is 2.78. The van der Waals surface area contributed by atoms with E-state index in [-0.39, 0.29) is 17.6 Å². The molecular weight excluding hydrogens is 340 g/mol. The Balaban J connectivity index is 1.54. The van der Waals surface area contributed by atoms with E-state index < -0.39 is 0 Å². The fraction of sp³-hybridized carbons (Fsp3) is 0.238. The van der Waals surface area contributed by atoms with Crippen molar-refractivity contribution in [2.75, 3.05) is 23.8 Å². The molecule has 1 unspecified atom stereocenters. The average molecular weight is 362 g/mol. The molecule has 4 rings (SSSR count). The molecule has 0 bridgehead atoms. The van der Waals surface area contributed by atoms with Gasteiger partial charge in [-0.2, -0.15) is 0 Å². The third kappa shape index (κ3) is 3.26. The first-order chi connectivity index (χ1) is 13.0. The van der Waals surface area contributed by atoms with Crippen molar-refractivity contribution in [3.05, 3.63) is 70.6 Å². The molecule has 6 nitrogen and oxygen atoms in total. The van der Waals surface area contributed by atoms with E-state index in [1.165, 1.54) is 4.57 Å². The lowest BCUT2D eigenvalue weighted by molar-refractivity contribution is 0.247. The number of para-hydroxylation sites is 1. The Bertz CT molecular complexity index is 1070. The highest BCUT2D eigenvalue weighted by molar-refractivity contribution is 5.93. The van der Waals surface area contributed by atoms with Crippen LogP contribution in [0.15, 0.2) is 59.5 Å². The maximum atomic E-state index is 12.5. The number of amides is 2. The zero-order chi connectivity index (χ0) is 19.0. The fourth-order valence-corrected chi connectivity index (χ4v) is 3.62. The molecule has 1 aliphatic heterocycles. The van der Waals surface area contributed by atoms with Crippen LogP contribution >= 0.6 is 0 Å². The summed E-state index contributed by atoms with van der Waals surface area (Å²) in [6.45, 7) is 0.883. The van der Waals surface area contributed by atoms with Crippen molar-refractivity contribution >= 4 is 28.2 Å². The van der Waals surface area contributed by atoms with Crippen LogP contribution in [0.1, 0.15) is 18.0 Å². The molecule has 1 aromatic heterocycles. The lowest BCUT2D eigenvalue weighted by Crippen LogP contribution is -2.38. The lowest BCUT2D eigenvalue weighted by Gasteiger charge is -2.33. The molecule has 2 N–H and O–H groups in total. The monoisotopic (exact) mass is 362 g/mol. The lowest BCUT2D eigenvalue weighted by atomic mass is 9.97. The summed E-state index contributed by atoms with van der Waals surface area (Å²) in [5, 5.41) is 7.36. The summed E-state index contributed by atoms with van der Waals surface area (Å²) in [6, 6.07) is 15.1. The van der Waals surface area contributed by atoms with Gasteiger partial charge in [-0.1, -0.05) is 24.3 Å². The molecule has 138 valence electrons. The van der Waals surface area contributed by atoms with Crippen LogP contribution in [0.4, 0.5) is 16.2 Å². The van der Waals surface area contributed by atoms with Crippen molar-refractivity contribution < 1.29 is 4.79 Å². The van der Waals surface area contributed by atoms with Crippen molar-refractivity contribution in [2.24, 2.45) is 7.05 Å². The smallest absolute Gasteiger partial charge is 0.319 e. The maximum absolute atomic E-state index is 12.5. The number of anilines is 2. The summed E-state index contributed by atoms with van der Waals surface area (Å²) in [4.78, 5) is 27.0. The maximum Gasteiger partial charge on any atom is 0.319 e. The minimum absolute atomic E-state index is 0.0364. The van der Waals surface area contributed by atoms with E-state index in [0.717, 1.165) is 29.6 Å². The number of benzene rings is 2. The Morgan fingerprint density at radius 3 is 2.78 bits per heavy atom. The van der Waals surface area contributed by atoms with Gasteiger partial charge >= 0.3 is 6.03 Å². The molecule has 2 amide bonds. The number of fused-ring (bicyclic) bond motifs is 2. The van der Waals surface area contributed by atoms with Gasteiger partial charge in [0.15, 0.2) is 0 Å². The van der Waals surface area contributed by atoms with Gasteiger partial charge in [-0.25, -0.2) is 4.79 Å².